The van der Waals surface area contributed by atoms with Crippen molar-refractivity contribution in [3.63, 3.8) is 0 Å². The van der Waals surface area contributed by atoms with E-state index in [1.807, 2.05) is 42.6 Å². The Morgan fingerprint density at radius 1 is 0.963 bits per heavy atom. The Balaban J connectivity index is 1.64. The number of amides is 1. The second-order valence-corrected chi connectivity index (χ2v) is 6.47. The smallest absolute Gasteiger partial charge is 0.251 e. The van der Waals surface area contributed by atoms with Gasteiger partial charge in [0.2, 0.25) is 0 Å². The third-order valence-electron chi connectivity index (χ3n) is 4.75. The summed E-state index contributed by atoms with van der Waals surface area (Å²) in [5, 5.41) is 4.09. The van der Waals surface area contributed by atoms with Gasteiger partial charge >= 0.3 is 0 Å². The number of para-hydroxylation sites is 1. The average molecular weight is 358 g/mol. The molecule has 0 aliphatic rings. The van der Waals surface area contributed by atoms with Crippen LogP contribution in [0.4, 0.5) is 4.39 Å². The van der Waals surface area contributed by atoms with Crippen molar-refractivity contribution >= 4 is 16.8 Å². The van der Waals surface area contributed by atoms with Crippen LogP contribution in [0.5, 0.6) is 0 Å². The first-order valence-corrected chi connectivity index (χ1v) is 8.87. The highest BCUT2D eigenvalue weighted by Gasteiger charge is 2.19. The number of hydrogen-bond donors (Lipinski definition) is 2. The van der Waals surface area contributed by atoms with Crippen molar-refractivity contribution < 1.29 is 9.18 Å². The van der Waals surface area contributed by atoms with Crippen molar-refractivity contribution in [1.29, 1.82) is 0 Å². The minimum atomic E-state index is -0.418. The quantitative estimate of drug-likeness (QED) is 0.525. The number of carbonyl (C=O) groups is 1. The number of benzene rings is 3. The number of aromatic amines is 1. The van der Waals surface area contributed by atoms with E-state index >= 15 is 0 Å². The first kappa shape index (κ1) is 17.0. The highest BCUT2D eigenvalue weighted by molar-refractivity contribution is 5.94. The van der Waals surface area contributed by atoms with E-state index < -0.39 is 5.82 Å². The highest BCUT2D eigenvalue weighted by Crippen LogP contribution is 2.30. The SMILES string of the molecule is O=C(NCC(c1ccccc1)c1c[nH]c2ccccc12)c1cccc(F)c1. The van der Waals surface area contributed by atoms with E-state index in [2.05, 4.69) is 28.5 Å². The molecule has 0 fully saturated rings. The monoisotopic (exact) mass is 358 g/mol. The van der Waals surface area contributed by atoms with Crippen LogP contribution in [-0.4, -0.2) is 17.4 Å². The Kier molecular flexibility index (Phi) is 4.71. The van der Waals surface area contributed by atoms with Crippen LogP contribution in [0.2, 0.25) is 0 Å². The topological polar surface area (TPSA) is 44.9 Å². The van der Waals surface area contributed by atoms with Gasteiger partial charge in [-0.3, -0.25) is 4.79 Å². The summed E-state index contributed by atoms with van der Waals surface area (Å²) < 4.78 is 13.4. The van der Waals surface area contributed by atoms with Gasteiger partial charge in [0.25, 0.3) is 5.91 Å². The maximum Gasteiger partial charge on any atom is 0.251 e. The van der Waals surface area contributed by atoms with Gasteiger partial charge in [-0.2, -0.15) is 0 Å². The molecule has 0 bridgehead atoms. The van der Waals surface area contributed by atoms with E-state index in [-0.39, 0.29) is 11.8 Å². The lowest BCUT2D eigenvalue weighted by Crippen LogP contribution is -2.29. The van der Waals surface area contributed by atoms with Crippen LogP contribution < -0.4 is 5.32 Å². The highest BCUT2D eigenvalue weighted by atomic mass is 19.1. The fourth-order valence-corrected chi connectivity index (χ4v) is 3.40. The molecule has 3 nitrogen and oxygen atoms in total. The Bertz CT molecular complexity index is 1070. The molecule has 1 atom stereocenters. The third-order valence-corrected chi connectivity index (χ3v) is 4.75. The molecule has 27 heavy (non-hydrogen) atoms. The second kappa shape index (κ2) is 7.46. The summed E-state index contributed by atoms with van der Waals surface area (Å²) in [6.45, 7) is 0.418. The fraction of sp³-hybridized carbons (Fsp3) is 0.0870. The van der Waals surface area contributed by atoms with Gasteiger partial charge in [0.05, 0.1) is 0 Å². The number of hydrogen-bond acceptors (Lipinski definition) is 1. The van der Waals surface area contributed by atoms with Crippen molar-refractivity contribution in [1.82, 2.24) is 10.3 Å². The molecule has 0 aliphatic heterocycles. The van der Waals surface area contributed by atoms with Gasteiger partial charge in [0, 0.05) is 35.1 Å². The van der Waals surface area contributed by atoms with Gasteiger partial charge in [-0.25, -0.2) is 4.39 Å². The molecule has 4 heteroatoms. The fourth-order valence-electron chi connectivity index (χ4n) is 3.40. The predicted octanol–water partition coefficient (Wildman–Crippen LogP) is 4.87. The van der Waals surface area contributed by atoms with Crippen molar-refractivity contribution in [3.8, 4) is 0 Å². The Hall–Kier alpha value is -3.40. The number of aromatic nitrogens is 1. The molecule has 1 unspecified atom stereocenters. The zero-order valence-corrected chi connectivity index (χ0v) is 14.7. The van der Waals surface area contributed by atoms with Crippen molar-refractivity contribution in [2.75, 3.05) is 6.54 Å². The summed E-state index contributed by atoms with van der Waals surface area (Å²) in [5.74, 6) is -0.714. The van der Waals surface area contributed by atoms with Crippen LogP contribution in [-0.2, 0) is 0 Å². The van der Waals surface area contributed by atoms with Gasteiger partial charge in [-0.05, 0) is 35.4 Å². The summed E-state index contributed by atoms with van der Waals surface area (Å²) in [7, 11) is 0. The Morgan fingerprint density at radius 2 is 1.74 bits per heavy atom. The Morgan fingerprint density at radius 3 is 2.56 bits per heavy atom. The number of nitrogens with one attached hydrogen (secondary N) is 2. The standard InChI is InChI=1S/C23H19FN2O/c24-18-10-6-9-17(13-18)23(27)26-14-20(16-7-2-1-3-8-16)21-15-25-22-12-5-4-11-19(21)22/h1-13,15,20,25H,14H2,(H,26,27). The molecule has 0 aliphatic carbocycles. The maximum atomic E-state index is 13.4. The molecule has 4 aromatic rings. The van der Waals surface area contributed by atoms with E-state index in [9.17, 15) is 9.18 Å². The summed E-state index contributed by atoms with van der Waals surface area (Å²) in [6, 6.07) is 23.9. The van der Waals surface area contributed by atoms with Gasteiger partial charge in [0.1, 0.15) is 5.82 Å². The van der Waals surface area contributed by atoms with Crippen LogP contribution in [0, 0.1) is 5.82 Å². The first-order chi connectivity index (χ1) is 13.2. The number of fused-ring (bicyclic) bond motifs is 1. The van der Waals surface area contributed by atoms with Gasteiger partial charge in [0.15, 0.2) is 0 Å². The summed E-state index contributed by atoms with van der Waals surface area (Å²) in [5.41, 5.74) is 3.61. The van der Waals surface area contributed by atoms with Crippen LogP contribution in [0.15, 0.2) is 85.1 Å². The summed E-state index contributed by atoms with van der Waals surface area (Å²) in [6.07, 6.45) is 2.00. The van der Waals surface area contributed by atoms with E-state index in [0.29, 0.717) is 12.1 Å². The summed E-state index contributed by atoms with van der Waals surface area (Å²) >= 11 is 0. The third kappa shape index (κ3) is 3.60. The van der Waals surface area contributed by atoms with E-state index in [1.54, 1.807) is 12.1 Å². The molecule has 4 rings (SSSR count). The molecular formula is C23H19FN2O. The van der Waals surface area contributed by atoms with Crippen molar-refractivity contribution in [3.05, 3.63) is 108 Å². The maximum absolute atomic E-state index is 13.4. The molecule has 0 spiro atoms. The molecule has 1 heterocycles. The molecule has 0 saturated heterocycles. The van der Waals surface area contributed by atoms with Gasteiger partial charge < -0.3 is 10.3 Å². The normalized spacial score (nSPS) is 12.0. The average Bonchev–Trinajstić information content (AvgIpc) is 3.13. The lowest BCUT2D eigenvalue weighted by atomic mass is 9.91. The zero-order valence-electron chi connectivity index (χ0n) is 14.7. The number of H-pyrrole nitrogens is 1. The van der Waals surface area contributed by atoms with Crippen LogP contribution >= 0.6 is 0 Å². The minimum Gasteiger partial charge on any atom is -0.361 e. The predicted molar refractivity (Wildman–Crippen MR) is 105 cm³/mol. The van der Waals surface area contributed by atoms with Crippen molar-refractivity contribution in [2.45, 2.75) is 5.92 Å². The largest absolute Gasteiger partial charge is 0.361 e. The van der Waals surface area contributed by atoms with E-state index in [0.717, 1.165) is 22.0 Å². The molecule has 0 radical (unpaired) electrons. The van der Waals surface area contributed by atoms with Crippen molar-refractivity contribution in [2.24, 2.45) is 0 Å². The van der Waals surface area contributed by atoms with Gasteiger partial charge in [-0.15, -0.1) is 0 Å². The lowest BCUT2D eigenvalue weighted by Gasteiger charge is -2.18. The van der Waals surface area contributed by atoms with Crippen LogP contribution in [0.25, 0.3) is 10.9 Å². The molecule has 0 saturated carbocycles. The van der Waals surface area contributed by atoms with Crippen LogP contribution in [0.1, 0.15) is 27.4 Å². The molecule has 134 valence electrons. The molecular weight excluding hydrogens is 339 g/mol. The lowest BCUT2D eigenvalue weighted by molar-refractivity contribution is 0.0952. The minimum absolute atomic E-state index is 0.0140. The summed E-state index contributed by atoms with van der Waals surface area (Å²) in [4.78, 5) is 15.8. The second-order valence-electron chi connectivity index (χ2n) is 6.47. The first-order valence-electron chi connectivity index (χ1n) is 8.87. The van der Waals surface area contributed by atoms with Gasteiger partial charge in [-0.1, -0.05) is 54.6 Å². The molecule has 1 aromatic heterocycles. The number of halogens is 1. The number of carbonyl (C=O) groups excluding carboxylic acids is 1. The molecule has 1 amide bonds. The van der Waals surface area contributed by atoms with E-state index in [4.69, 9.17) is 0 Å². The number of rotatable bonds is 5. The molecule has 2 N–H and O–H groups in total. The Labute approximate surface area is 156 Å². The zero-order chi connectivity index (χ0) is 18.6. The molecule has 3 aromatic carbocycles. The van der Waals surface area contributed by atoms with E-state index in [1.165, 1.54) is 12.1 Å². The van der Waals surface area contributed by atoms with Crippen LogP contribution in [0.3, 0.4) is 0 Å².